The summed E-state index contributed by atoms with van der Waals surface area (Å²) in [7, 11) is -3.45. The van der Waals surface area contributed by atoms with Crippen molar-refractivity contribution in [2.24, 2.45) is 0 Å². The number of anilines is 2. The molecular weight excluding hydrogens is 314 g/mol. The van der Waals surface area contributed by atoms with Gasteiger partial charge in [0.2, 0.25) is 15.9 Å². The van der Waals surface area contributed by atoms with E-state index in [4.69, 9.17) is 0 Å². The molecule has 23 heavy (non-hydrogen) atoms. The molecule has 0 saturated carbocycles. The molecule has 1 amide bonds. The third-order valence-corrected chi connectivity index (χ3v) is 6.81. The number of carbonyl (C=O) groups excluding carboxylic acids is 1. The van der Waals surface area contributed by atoms with E-state index in [1.54, 1.807) is 11.0 Å². The Bertz CT molecular complexity index is 698. The SMILES string of the molecule is CC(=O)N1c2ccccc2N(S(=O)(=O)C2CCCNC2)CC1C. The molecule has 7 heteroatoms. The van der Waals surface area contributed by atoms with Crippen LogP contribution in [0.25, 0.3) is 0 Å². The van der Waals surface area contributed by atoms with E-state index in [1.807, 2.05) is 25.1 Å². The van der Waals surface area contributed by atoms with Gasteiger partial charge in [0.1, 0.15) is 0 Å². The second-order valence-electron chi connectivity index (χ2n) is 6.27. The van der Waals surface area contributed by atoms with Gasteiger partial charge in [0, 0.05) is 13.5 Å². The number of hydrogen-bond donors (Lipinski definition) is 1. The molecule has 2 unspecified atom stereocenters. The van der Waals surface area contributed by atoms with Crippen LogP contribution in [-0.4, -0.2) is 45.3 Å². The van der Waals surface area contributed by atoms with E-state index >= 15 is 0 Å². The molecule has 6 nitrogen and oxygen atoms in total. The number of rotatable bonds is 2. The summed E-state index contributed by atoms with van der Waals surface area (Å²) in [4.78, 5) is 13.7. The van der Waals surface area contributed by atoms with E-state index in [9.17, 15) is 13.2 Å². The largest absolute Gasteiger partial charge is 0.315 e. The van der Waals surface area contributed by atoms with Crippen LogP contribution in [0, 0.1) is 0 Å². The van der Waals surface area contributed by atoms with E-state index in [0.717, 1.165) is 13.0 Å². The predicted molar refractivity (Wildman–Crippen MR) is 91.2 cm³/mol. The highest BCUT2D eigenvalue weighted by Gasteiger charge is 2.40. The number of amides is 1. The standard InChI is InChI=1S/C16H23N3O3S/c1-12-11-18(23(21,22)14-6-5-9-17-10-14)15-7-3-4-8-16(15)19(12)13(2)20/h3-4,7-8,12,14,17H,5-6,9-11H2,1-2H3. The third kappa shape index (κ3) is 2.83. The van der Waals surface area contributed by atoms with Gasteiger partial charge < -0.3 is 10.2 Å². The molecule has 1 N–H and O–H groups in total. The van der Waals surface area contributed by atoms with Crippen LogP contribution in [0.2, 0.25) is 0 Å². The van der Waals surface area contributed by atoms with Gasteiger partial charge in [-0.2, -0.15) is 0 Å². The van der Waals surface area contributed by atoms with Gasteiger partial charge in [-0.1, -0.05) is 12.1 Å². The zero-order chi connectivity index (χ0) is 16.6. The van der Waals surface area contributed by atoms with Crippen molar-refractivity contribution in [3.05, 3.63) is 24.3 Å². The van der Waals surface area contributed by atoms with Crippen molar-refractivity contribution in [3.8, 4) is 0 Å². The van der Waals surface area contributed by atoms with Crippen LogP contribution >= 0.6 is 0 Å². The summed E-state index contributed by atoms with van der Waals surface area (Å²) in [5, 5.41) is 2.77. The highest BCUT2D eigenvalue weighted by atomic mass is 32.2. The van der Waals surface area contributed by atoms with E-state index in [2.05, 4.69) is 5.32 Å². The summed E-state index contributed by atoms with van der Waals surface area (Å²) < 4.78 is 27.7. The van der Waals surface area contributed by atoms with Crippen LogP contribution in [0.5, 0.6) is 0 Å². The minimum absolute atomic E-state index is 0.0682. The van der Waals surface area contributed by atoms with Crippen molar-refractivity contribution in [1.29, 1.82) is 0 Å². The molecular formula is C16H23N3O3S. The van der Waals surface area contributed by atoms with Crippen molar-refractivity contribution < 1.29 is 13.2 Å². The topological polar surface area (TPSA) is 69.7 Å². The van der Waals surface area contributed by atoms with E-state index < -0.39 is 15.3 Å². The first-order chi connectivity index (χ1) is 10.9. The van der Waals surface area contributed by atoms with Gasteiger partial charge in [0.25, 0.3) is 0 Å². The Morgan fingerprint density at radius 3 is 2.57 bits per heavy atom. The Morgan fingerprint density at radius 1 is 1.26 bits per heavy atom. The summed E-state index contributed by atoms with van der Waals surface area (Å²) >= 11 is 0. The molecule has 2 aliphatic rings. The summed E-state index contributed by atoms with van der Waals surface area (Å²) in [6.07, 6.45) is 1.55. The first kappa shape index (κ1) is 16.3. The van der Waals surface area contributed by atoms with Crippen LogP contribution < -0.4 is 14.5 Å². The number of carbonyl (C=O) groups is 1. The fourth-order valence-corrected chi connectivity index (χ4v) is 5.52. The van der Waals surface area contributed by atoms with Gasteiger partial charge in [0.05, 0.1) is 29.2 Å². The molecule has 1 aromatic carbocycles. The Hall–Kier alpha value is -1.60. The average Bonchev–Trinajstić information content (AvgIpc) is 2.54. The second-order valence-corrected chi connectivity index (χ2v) is 8.41. The molecule has 2 heterocycles. The summed E-state index contributed by atoms with van der Waals surface area (Å²) in [6, 6.07) is 7.06. The molecule has 0 aliphatic carbocycles. The molecule has 2 atom stereocenters. The van der Waals surface area contributed by atoms with Crippen molar-refractivity contribution in [1.82, 2.24) is 5.32 Å². The van der Waals surface area contributed by atoms with Crippen LogP contribution in [0.1, 0.15) is 26.7 Å². The van der Waals surface area contributed by atoms with Crippen molar-refractivity contribution >= 4 is 27.3 Å². The molecule has 1 aromatic rings. The third-order valence-electron chi connectivity index (χ3n) is 4.60. The lowest BCUT2D eigenvalue weighted by Crippen LogP contribution is -2.54. The number of benzene rings is 1. The van der Waals surface area contributed by atoms with Crippen LogP contribution in [0.3, 0.4) is 0 Å². The maximum absolute atomic E-state index is 13.1. The van der Waals surface area contributed by atoms with Gasteiger partial charge in [0.15, 0.2) is 0 Å². The first-order valence-electron chi connectivity index (χ1n) is 8.04. The highest BCUT2D eigenvalue weighted by Crippen LogP contribution is 2.38. The fourth-order valence-electron chi connectivity index (χ4n) is 3.51. The number of fused-ring (bicyclic) bond motifs is 1. The first-order valence-corrected chi connectivity index (χ1v) is 9.54. The lowest BCUT2D eigenvalue weighted by Gasteiger charge is -2.42. The number of nitrogens with zero attached hydrogens (tertiary/aromatic N) is 2. The van der Waals surface area contributed by atoms with Gasteiger partial charge in [-0.25, -0.2) is 8.42 Å². The zero-order valence-electron chi connectivity index (χ0n) is 13.5. The molecule has 0 bridgehead atoms. The van der Waals surface area contributed by atoms with Crippen molar-refractivity contribution in [3.63, 3.8) is 0 Å². The Balaban J connectivity index is 2.03. The number of hydrogen-bond acceptors (Lipinski definition) is 4. The van der Waals surface area contributed by atoms with E-state index in [0.29, 0.717) is 30.9 Å². The van der Waals surface area contributed by atoms with Crippen LogP contribution in [-0.2, 0) is 14.8 Å². The van der Waals surface area contributed by atoms with Crippen molar-refractivity contribution in [2.45, 2.75) is 38.0 Å². The molecule has 0 radical (unpaired) electrons. The number of para-hydroxylation sites is 2. The number of nitrogens with one attached hydrogen (secondary N) is 1. The van der Waals surface area contributed by atoms with Crippen LogP contribution in [0.15, 0.2) is 24.3 Å². The minimum Gasteiger partial charge on any atom is -0.315 e. The Kier molecular flexibility index (Phi) is 4.33. The number of sulfonamides is 1. The quantitative estimate of drug-likeness (QED) is 0.884. The highest BCUT2D eigenvalue weighted by molar-refractivity contribution is 7.93. The molecule has 0 aromatic heterocycles. The molecule has 1 saturated heterocycles. The van der Waals surface area contributed by atoms with Gasteiger partial charge in [-0.3, -0.25) is 9.10 Å². The lowest BCUT2D eigenvalue weighted by atomic mass is 10.1. The maximum Gasteiger partial charge on any atom is 0.239 e. The van der Waals surface area contributed by atoms with E-state index in [-0.39, 0.29) is 11.9 Å². The number of piperidine rings is 1. The van der Waals surface area contributed by atoms with Gasteiger partial charge in [-0.15, -0.1) is 0 Å². The average molecular weight is 337 g/mol. The predicted octanol–water partition coefficient (Wildman–Crippen LogP) is 1.33. The fraction of sp³-hybridized carbons (Fsp3) is 0.562. The normalized spacial score (nSPS) is 25.1. The Morgan fingerprint density at radius 2 is 1.96 bits per heavy atom. The minimum atomic E-state index is -3.45. The summed E-state index contributed by atoms with van der Waals surface area (Å²) in [6.45, 7) is 5.07. The second kappa shape index (κ2) is 6.13. The molecule has 1 fully saturated rings. The summed E-state index contributed by atoms with van der Waals surface area (Å²) in [5.74, 6) is -0.0682. The molecule has 3 rings (SSSR count). The smallest absolute Gasteiger partial charge is 0.239 e. The molecule has 0 spiro atoms. The van der Waals surface area contributed by atoms with Crippen molar-refractivity contribution in [2.75, 3.05) is 28.8 Å². The van der Waals surface area contributed by atoms with Gasteiger partial charge >= 0.3 is 0 Å². The molecule has 126 valence electrons. The monoisotopic (exact) mass is 337 g/mol. The van der Waals surface area contributed by atoms with E-state index in [1.165, 1.54) is 11.2 Å². The van der Waals surface area contributed by atoms with Crippen LogP contribution in [0.4, 0.5) is 11.4 Å². The summed E-state index contributed by atoms with van der Waals surface area (Å²) in [5.41, 5.74) is 1.28. The molecule has 2 aliphatic heterocycles. The Labute approximate surface area is 137 Å². The van der Waals surface area contributed by atoms with Gasteiger partial charge in [-0.05, 0) is 38.4 Å². The maximum atomic E-state index is 13.1. The zero-order valence-corrected chi connectivity index (χ0v) is 14.3. The lowest BCUT2D eigenvalue weighted by molar-refractivity contribution is -0.117.